The van der Waals surface area contributed by atoms with Crippen molar-refractivity contribution in [2.45, 2.75) is 18.9 Å². The van der Waals surface area contributed by atoms with Gasteiger partial charge in [0, 0.05) is 0 Å². The van der Waals surface area contributed by atoms with Crippen molar-refractivity contribution >= 4 is 0 Å². The number of hydrogen-bond acceptors (Lipinski definition) is 3. The minimum atomic E-state index is -0.942. The van der Waals surface area contributed by atoms with Crippen LogP contribution in [-0.2, 0) is 9.47 Å². The summed E-state index contributed by atoms with van der Waals surface area (Å²) in [6.07, 6.45) is 3.16. The topological polar surface area (TPSA) is 38.7 Å². The lowest BCUT2D eigenvalue weighted by Gasteiger charge is -2.24. The minimum Gasteiger partial charge on any atom is -0.499 e. The SMILES string of the molecule is C=COCC(O)(CC)COC=C. The highest BCUT2D eigenvalue weighted by Crippen LogP contribution is 2.11. The van der Waals surface area contributed by atoms with E-state index in [2.05, 4.69) is 13.2 Å². The Bertz CT molecular complexity index is 131. The Balaban J connectivity index is 3.84. The van der Waals surface area contributed by atoms with Crippen molar-refractivity contribution in [2.24, 2.45) is 0 Å². The molecule has 0 aliphatic carbocycles. The Morgan fingerprint density at radius 3 is 1.92 bits per heavy atom. The predicted molar refractivity (Wildman–Crippen MR) is 47.5 cm³/mol. The standard InChI is InChI=1S/C9H16O3/c1-4-9(10,7-11-5-2)8-12-6-3/h5-6,10H,2-4,7-8H2,1H3. The summed E-state index contributed by atoms with van der Waals surface area (Å²) in [6, 6.07) is 0. The van der Waals surface area contributed by atoms with Crippen LogP contribution < -0.4 is 0 Å². The fourth-order valence-electron chi connectivity index (χ4n) is 0.674. The number of rotatable bonds is 7. The summed E-state index contributed by atoms with van der Waals surface area (Å²) >= 11 is 0. The molecule has 0 heterocycles. The van der Waals surface area contributed by atoms with Crippen LogP contribution in [0.2, 0.25) is 0 Å². The van der Waals surface area contributed by atoms with Gasteiger partial charge in [0.05, 0.1) is 12.5 Å². The van der Waals surface area contributed by atoms with Crippen molar-refractivity contribution in [3.8, 4) is 0 Å². The maximum Gasteiger partial charge on any atom is 0.132 e. The molecule has 0 amide bonds. The molecule has 0 saturated carbocycles. The van der Waals surface area contributed by atoms with E-state index in [-0.39, 0.29) is 13.2 Å². The van der Waals surface area contributed by atoms with Crippen molar-refractivity contribution in [3.63, 3.8) is 0 Å². The molecule has 0 atom stereocenters. The highest BCUT2D eigenvalue weighted by Gasteiger charge is 2.25. The second-order valence-electron chi connectivity index (χ2n) is 2.53. The predicted octanol–water partition coefficient (Wildman–Crippen LogP) is 1.45. The van der Waals surface area contributed by atoms with Crippen molar-refractivity contribution in [3.05, 3.63) is 25.7 Å². The summed E-state index contributed by atoms with van der Waals surface area (Å²) in [5, 5.41) is 9.74. The van der Waals surface area contributed by atoms with Crippen molar-refractivity contribution in [2.75, 3.05) is 13.2 Å². The van der Waals surface area contributed by atoms with Crippen LogP contribution in [-0.4, -0.2) is 23.9 Å². The Hall–Kier alpha value is -0.960. The van der Waals surface area contributed by atoms with E-state index in [9.17, 15) is 5.11 Å². The van der Waals surface area contributed by atoms with Gasteiger partial charge >= 0.3 is 0 Å². The highest BCUT2D eigenvalue weighted by molar-refractivity contribution is 4.77. The number of hydrogen-bond donors (Lipinski definition) is 1. The monoisotopic (exact) mass is 172 g/mol. The molecule has 0 aromatic heterocycles. The van der Waals surface area contributed by atoms with Gasteiger partial charge in [-0.1, -0.05) is 20.1 Å². The van der Waals surface area contributed by atoms with E-state index < -0.39 is 5.60 Å². The molecule has 0 fully saturated rings. The first kappa shape index (κ1) is 11.0. The van der Waals surface area contributed by atoms with Gasteiger partial charge in [0.25, 0.3) is 0 Å². The van der Waals surface area contributed by atoms with Gasteiger partial charge in [-0.05, 0) is 6.42 Å². The minimum absolute atomic E-state index is 0.195. The average molecular weight is 172 g/mol. The van der Waals surface area contributed by atoms with Gasteiger partial charge in [0.2, 0.25) is 0 Å². The van der Waals surface area contributed by atoms with Crippen molar-refractivity contribution < 1.29 is 14.6 Å². The van der Waals surface area contributed by atoms with Gasteiger partial charge in [0.15, 0.2) is 0 Å². The first-order valence-corrected chi connectivity index (χ1v) is 3.86. The van der Waals surface area contributed by atoms with E-state index >= 15 is 0 Å². The van der Waals surface area contributed by atoms with Gasteiger partial charge in [-0.3, -0.25) is 0 Å². The molecule has 0 aromatic carbocycles. The molecule has 70 valence electrons. The van der Waals surface area contributed by atoms with Crippen molar-refractivity contribution in [1.29, 1.82) is 0 Å². The second kappa shape index (κ2) is 5.66. The maximum absolute atomic E-state index is 9.74. The van der Waals surface area contributed by atoms with E-state index in [4.69, 9.17) is 9.47 Å². The molecule has 0 aliphatic rings. The average Bonchev–Trinajstić information content (AvgIpc) is 2.11. The first-order chi connectivity index (χ1) is 5.68. The molecule has 1 N–H and O–H groups in total. The van der Waals surface area contributed by atoms with Crippen LogP contribution in [0.4, 0.5) is 0 Å². The van der Waals surface area contributed by atoms with Gasteiger partial charge in [-0.15, -0.1) is 0 Å². The molecule has 3 heteroatoms. The van der Waals surface area contributed by atoms with Gasteiger partial charge in [-0.2, -0.15) is 0 Å². The molecule has 0 rings (SSSR count). The van der Waals surface area contributed by atoms with E-state index in [0.29, 0.717) is 6.42 Å². The van der Waals surface area contributed by atoms with Gasteiger partial charge < -0.3 is 14.6 Å². The molecule has 12 heavy (non-hydrogen) atoms. The lowest BCUT2D eigenvalue weighted by Crippen LogP contribution is -2.37. The Kier molecular flexibility index (Phi) is 5.21. The summed E-state index contributed by atoms with van der Waals surface area (Å²) in [5.41, 5.74) is -0.942. The third-order valence-corrected chi connectivity index (χ3v) is 1.60. The molecule has 0 bridgehead atoms. The molecule has 0 aromatic rings. The molecule has 3 nitrogen and oxygen atoms in total. The zero-order chi connectivity index (χ0) is 9.45. The summed E-state index contributed by atoms with van der Waals surface area (Å²) in [5.74, 6) is 0. The van der Waals surface area contributed by atoms with E-state index in [0.717, 1.165) is 0 Å². The fourth-order valence-corrected chi connectivity index (χ4v) is 0.674. The molecular formula is C9H16O3. The third kappa shape index (κ3) is 4.03. The molecular weight excluding hydrogens is 156 g/mol. The molecule has 0 radical (unpaired) electrons. The first-order valence-electron chi connectivity index (χ1n) is 3.86. The zero-order valence-electron chi connectivity index (χ0n) is 7.45. The number of ether oxygens (including phenoxy) is 2. The molecule has 0 spiro atoms. The second-order valence-corrected chi connectivity index (χ2v) is 2.53. The van der Waals surface area contributed by atoms with E-state index in [1.807, 2.05) is 6.92 Å². The van der Waals surface area contributed by atoms with Crippen LogP contribution in [0.3, 0.4) is 0 Å². The summed E-state index contributed by atoms with van der Waals surface area (Å²) in [4.78, 5) is 0. The molecule has 0 unspecified atom stereocenters. The highest BCUT2D eigenvalue weighted by atomic mass is 16.5. The molecule has 0 saturated heterocycles. The fraction of sp³-hybridized carbons (Fsp3) is 0.556. The van der Waals surface area contributed by atoms with Crippen LogP contribution in [0, 0.1) is 0 Å². The van der Waals surface area contributed by atoms with Crippen molar-refractivity contribution in [1.82, 2.24) is 0 Å². The Morgan fingerprint density at radius 2 is 1.67 bits per heavy atom. The zero-order valence-corrected chi connectivity index (χ0v) is 7.45. The van der Waals surface area contributed by atoms with Gasteiger partial charge in [-0.25, -0.2) is 0 Å². The van der Waals surface area contributed by atoms with Gasteiger partial charge in [0.1, 0.15) is 18.8 Å². The van der Waals surface area contributed by atoms with E-state index in [1.165, 1.54) is 12.5 Å². The Labute approximate surface area is 73.3 Å². The lowest BCUT2D eigenvalue weighted by molar-refractivity contribution is -0.0634. The largest absolute Gasteiger partial charge is 0.499 e. The van der Waals surface area contributed by atoms with Crippen LogP contribution in [0.1, 0.15) is 13.3 Å². The van der Waals surface area contributed by atoms with Crippen LogP contribution in [0.15, 0.2) is 25.7 Å². The lowest BCUT2D eigenvalue weighted by atomic mass is 10.0. The van der Waals surface area contributed by atoms with E-state index in [1.54, 1.807) is 0 Å². The summed E-state index contributed by atoms with van der Waals surface area (Å²) < 4.78 is 9.77. The van der Waals surface area contributed by atoms with Crippen LogP contribution in [0.25, 0.3) is 0 Å². The smallest absolute Gasteiger partial charge is 0.132 e. The quantitative estimate of drug-likeness (QED) is 0.591. The Morgan fingerprint density at radius 1 is 1.25 bits per heavy atom. The number of aliphatic hydroxyl groups is 1. The van der Waals surface area contributed by atoms with Crippen LogP contribution in [0.5, 0.6) is 0 Å². The maximum atomic E-state index is 9.74. The van der Waals surface area contributed by atoms with Crippen LogP contribution >= 0.6 is 0 Å². The summed E-state index contributed by atoms with van der Waals surface area (Å²) in [6.45, 7) is 9.02. The summed E-state index contributed by atoms with van der Waals surface area (Å²) in [7, 11) is 0. The normalized spacial score (nSPS) is 10.5. The molecule has 0 aliphatic heterocycles. The third-order valence-electron chi connectivity index (χ3n) is 1.60.